The number of esters is 1. The summed E-state index contributed by atoms with van der Waals surface area (Å²) in [5.74, 6) is -0.0259. The fourth-order valence-corrected chi connectivity index (χ4v) is 12.5. The van der Waals surface area contributed by atoms with E-state index in [-0.39, 0.29) is 18.5 Å². The molecule has 0 heterocycles. The molecule has 0 aromatic carbocycles. The van der Waals surface area contributed by atoms with Crippen LogP contribution in [0.2, 0.25) is 0 Å². The molecule has 0 saturated carbocycles. The Bertz CT molecular complexity index is 1470. The van der Waals surface area contributed by atoms with E-state index < -0.39 is 12.1 Å². The lowest BCUT2D eigenvalue weighted by Crippen LogP contribution is -2.45. The Labute approximate surface area is 550 Å². The number of rotatable bonds is 75. The second-order valence-corrected chi connectivity index (χ2v) is 27.4. The Balaban J connectivity index is 3.38. The summed E-state index contributed by atoms with van der Waals surface area (Å²) >= 11 is 0. The fourth-order valence-electron chi connectivity index (χ4n) is 12.5. The zero-order valence-electron chi connectivity index (χ0n) is 59.5. The van der Waals surface area contributed by atoms with Crippen LogP contribution in [0.25, 0.3) is 0 Å². The van der Waals surface area contributed by atoms with E-state index in [9.17, 15) is 19.8 Å². The van der Waals surface area contributed by atoms with Gasteiger partial charge in [0.15, 0.2) is 0 Å². The Hall–Kier alpha value is -2.18. The average molecular weight is 1240 g/mol. The summed E-state index contributed by atoms with van der Waals surface area (Å²) in [6.07, 6.45) is 102. The molecule has 0 saturated heterocycles. The molecule has 2 unspecified atom stereocenters. The van der Waals surface area contributed by atoms with Crippen molar-refractivity contribution in [3.63, 3.8) is 0 Å². The molecule has 0 aromatic heterocycles. The molecule has 2 atom stereocenters. The van der Waals surface area contributed by atoms with E-state index in [4.69, 9.17) is 4.74 Å². The standard InChI is InChI=1S/C82H155NO5/c1-3-5-7-9-11-13-15-17-18-19-20-21-35-38-41-44-47-51-54-58-62-66-70-74-80(85)79(78-84)83-81(86)75-71-67-63-59-55-52-48-45-42-39-36-33-31-29-27-25-23-22-24-26-28-30-32-34-37-40-43-46-49-53-57-61-65-69-73-77-88-82(87)76-72-68-64-60-56-50-16-14-12-10-8-6-4-2/h8,10,14,16,24,26,30,32,79-80,84-85H,3-7,9,11-13,15,17-23,25,27-29,31,33-78H2,1-2H3,(H,83,86)/b10-8-,16-14-,26-24-,32-30-. The maximum Gasteiger partial charge on any atom is 0.305 e. The molecular weight excluding hydrogens is 1080 g/mol. The summed E-state index contributed by atoms with van der Waals surface area (Å²) in [5.41, 5.74) is 0. The molecule has 0 spiro atoms. The maximum atomic E-state index is 12.6. The second-order valence-electron chi connectivity index (χ2n) is 27.4. The normalized spacial score (nSPS) is 12.7. The van der Waals surface area contributed by atoms with Gasteiger partial charge in [0.05, 0.1) is 25.4 Å². The van der Waals surface area contributed by atoms with Crippen molar-refractivity contribution in [3.05, 3.63) is 48.6 Å². The first-order chi connectivity index (χ1) is 43.5. The number of hydrogen-bond donors (Lipinski definition) is 3. The quantitative estimate of drug-likeness (QED) is 0.0320. The van der Waals surface area contributed by atoms with E-state index >= 15 is 0 Å². The molecule has 0 fully saturated rings. The van der Waals surface area contributed by atoms with Crippen LogP contribution in [0.15, 0.2) is 48.6 Å². The zero-order valence-corrected chi connectivity index (χ0v) is 59.5. The third-order valence-corrected chi connectivity index (χ3v) is 18.6. The van der Waals surface area contributed by atoms with Gasteiger partial charge in [-0.05, 0) is 83.5 Å². The lowest BCUT2D eigenvalue weighted by molar-refractivity contribution is -0.143. The van der Waals surface area contributed by atoms with Crippen molar-refractivity contribution in [2.45, 2.75) is 450 Å². The van der Waals surface area contributed by atoms with E-state index in [0.29, 0.717) is 25.9 Å². The molecule has 518 valence electrons. The van der Waals surface area contributed by atoms with Gasteiger partial charge in [-0.3, -0.25) is 9.59 Å². The topological polar surface area (TPSA) is 95.9 Å². The molecule has 0 aliphatic heterocycles. The minimum Gasteiger partial charge on any atom is -0.466 e. The van der Waals surface area contributed by atoms with E-state index in [1.54, 1.807) is 0 Å². The summed E-state index contributed by atoms with van der Waals surface area (Å²) < 4.78 is 5.48. The predicted molar refractivity (Wildman–Crippen MR) is 389 cm³/mol. The number of aliphatic hydroxyl groups is 2. The Morgan fingerprint density at radius 3 is 0.909 bits per heavy atom. The third kappa shape index (κ3) is 72.9. The molecule has 0 bridgehead atoms. The lowest BCUT2D eigenvalue weighted by atomic mass is 10.0. The zero-order chi connectivity index (χ0) is 63.5. The van der Waals surface area contributed by atoms with Crippen molar-refractivity contribution < 1.29 is 24.5 Å². The van der Waals surface area contributed by atoms with Gasteiger partial charge in [-0.15, -0.1) is 0 Å². The highest BCUT2D eigenvalue weighted by atomic mass is 16.5. The lowest BCUT2D eigenvalue weighted by Gasteiger charge is -2.22. The van der Waals surface area contributed by atoms with Crippen LogP contribution in [0.1, 0.15) is 438 Å². The molecule has 0 aliphatic rings. The summed E-state index contributed by atoms with van der Waals surface area (Å²) in [6, 6.07) is -0.542. The number of hydrogen-bond acceptors (Lipinski definition) is 5. The summed E-state index contributed by atoms with van der Waals surface area (Å²) in [7, 11) is 0. The molecule has 88 heavy (non-hydrogen) atoms. The molecule has 1 amide bonds. The number of ether oxygens (including phenoxy) is 1. The van der Waals surface area contributed by atoms with Crippen molar-refractivity contribution in [3.8, 4) is 0 Å². The van der Waals surface area contributed by atoms with Gasteiger partial charge in [0, 0.05) is 12.8 Å². The smallest absolute Gasteiger partial charge is 0.305 e. The minimum atomic E-state index is -0.665. The van der Waals surface area contributed by atoms with Crippen molar-refractivity contribution in [2.75, 3.05) is 13.2 Å². The van der Waals surface area contributed by atoms with Gasteiger partial charge in [0.1, 0.15) is 0 Å². The fraction of sp³-hybridized carbons (Fsp3) is 0.878. The van der Waals surface area contributed by atoms with Gasteiger partial charge in [-0.1, -0.05) is 390 Å². The maximum absolute atomic E-state index is 12.6. The minimum absolute atomic E-state index is 0.00172. The number of carbonyl (C=O) groups excluding carboxylic acids is 2. The van der Waals surface area contributed by atoms with E-state index in [1.165, 1.54) is 347 Å². The summed E-state index contributed by atoms with van der Waals surface area (Å²) in [5, 5.41) is 23.5. The van der Waals surface area contributed by atoms with Crippen molar-refractivity contribution in [2.24, 2.45) is 0 Å². The monoisotopic (exact) mass is 1230 g/mol. The van der Waals surface area contributed by atoms with Crippen LogP contribution in [0.3, 0.4) is 0 Å². The third-order valence-electron chi connectivity index (χ3n) is 18.6. The Morgan fingerprint density at radius 1 is 0.318 bits per heavy atom. The van der Waals surface area contributed by atoms with E-state index in [1.807, 2.05) is 0 Å². The van der Waals surface area contributed by atoms with Crippen LogP contribution in [-0.2, 0) is 14.3 Å². The number of amides is 1. The largest absolute Gasteiger partial charge is 0.466 e. The van der Waals surface area contributed by atoms with Crippen molar-refractivity contribution in [1.82, 2.24) is 5.32 Å². The predicted octanol–water partition coefficient (Wildman–Crippen LogP) is 26.4. The van der Waals surface area contributed by atoms with Crippen LogP contribution in [-0.4, -0.2) is 47.4 Å². The van der Waals surface area contributed by atoms with Crippen LogP contribution >= 0.6 is 0 Å². The number of nitrogens with one attached hydrogen (secondary N) is 1. The number of allylic oxidation sites excluding steroid dienone is 8. The average Bonchev–Trinajstić information content (AvgIpc) is 3.53. The van der Waals surface area contributed by atoms with Crippen molar-refractivity contribution >= 4 is 11.9 Å². The van der Waals surface area contributed by atoms with Gasteiger partial charge >= 0.3 is 5.97 Å². The molecular formula is C82H155NO5. The van der Waals surface area contributed by atoms with Gasteiger partial charge in [-0.2, -0.15) is 0 Å². The molecule has 0 aromatic rings. The molecule has 0 aliphatic carbocycles. The van der Waals surface area contributed by atoms with Gasteiger partial charge in [-0.25, -0.2) is 0 Å². The SMILES string of the molecule is CCC/C=C\C/C=C\CCCCCCCC(=O)OCCCCCCCCCCCCC/C=C\C/C=C\CCCCCCCCCCCCCCCCCCCC(=O)NC(CO)C(O)CCCCCCCCCCCCCCCCCCCCCCCCC. The van der Waals surface area contributed by atoms with Crippen molar-refractivity contribution in [1.29, 1.82) is 0 Å². The first-order valence-electron chi connectivity index (χ1n) is 39.9. The highest BCUT2D eigenvalue weighted by Crippen LogP contribution is 2.20. The molecule has 6 nitrogen and oxygen atoms in total. The number of unbranched alkanes of at least 4 members (excludes halogenated alkanes) is 56. The molecule has 0 rings (SSSR count). The molecule has 6 heteroatoms. The second kappa shape index (κ2) is 77.3. The molecule has 0 radical (unpaired) electrons. The first kappa shape index (κ1) is 85.8. The number of carbonyl (C=O) groups is 2. The first-order valence-corrected chi connectivity index (χ1v) is 39.9. The van der Waals surface area contributed by atoms with Gasteiger partial charge < -0.3 is 20.3 Å². The van der Waals surface area contributed by atoms with Gasteiger partial charge in [0.25, 0.3) is 0 Å². The van der Waals surface area contributed by atoms with Gasteiger partial charge in [0.2, 0.25) is 5.91 Å². The van der Waals surface area contributed by atoms with Crippen LogP contribution in [0.4, 0.5) is 0 Å². The Kier molecular flexibility index (Phi) is 75.4. The van der Waals surface area contributed by atoms with Crippen LogP contribution in [0, 0.1) is 0 Å². The highest BCUT2D eigenvalue weighted by molar-refractivity contribution is 5.76. The molecule has 3 N–H and O–H groups in total. The van der Waals surface area contributed by atoms with E-state index in [0.717, 1.165) is 57.8 Å². The van der Waals surface area contributed by atoms with Crippen LogP contribution < -0.4 is 5.32 Å². The summed E-state index contributed by atoms with van der Waals surface area (Å²) in [6.45, 7) is 4.92. The van der Waals surface area contributed by atoms with Crippen LogP contribution in [0.5, 0.6) is 0 Å². The van der Waals surface area contributed by atoms with E-state index in [2.05, 4.69) is 67.8 Å². The summed E-state index contributed by atoms with van der Waals surface area (Å²) in [4.78, 5) is 24.6. The number of aliphatic hydroxyl groups excluding tert-OH is 2. The Morgan fingerprint density at radius 2 is 0.591 bits per heavy atom. The highest BCUT2D eigenvalue weighted by Gasteiger charge is 2.20.